The van der Waals surface area contributed by atoms with E-state index in [-0.39, 0.29) is 0 Å². The Kier molecular flexibility index (Phi) is 27.1. The van der Waals surface area contributed by atoms with Gasteiger partial charge >= 0.3 is 17.6 Å². The van der Waals surface area contributed by atoms with Crippen LogP contribution in [0.2, 0.25) is 12.1 Å². The maximum absolute atomic E-state index is 6.01. The number of hydrogen-bond acceptors (Lipinski definition) is 6. The first-order valence-electron chi connectivity index (χ1n) is 13.8. The van der Waals surface area contributed by atoms with Gasteiger partial charge in [0.2, 0.25) is 0 Å². The molecule has 0 saturated heterocycles. The molecule has 0 radical (unpaired) electrons. The molecule has 0 aromatic heterocycles. The smallest absolute Gasteiger partial charge is 0.373 e. The fraction of sp³-hybridized carbons (Fsp3) is 1.00. The highest BCUT2D eigenvalue weighted by Gasteiger charge is 2.39. The molecule has 0 aromatic rings. The summed E-state index contributed by atoms with van der Waals surface area (Å²) in [6.45, 7) is 21.6. The summed E-state index contributed by atoms with van der Waals surface area (Å²) in [7, 11) is -4.71. The molecule has 0 bridgehead atoms. The normalized spacial score (nSPS) is 12.0. The van der Waals surface area contributed by atoms with Crippen LogP contribution in [0.15, 0.2) is 0 Å². The minimum absolute atomic E-state index is 0.744. The van der Waals surface area contributed by atoms with Crippen molar-refractivity contribution in [1.29, 1.82) is 0 Å². The zero-order chi connectivity index (χ0) is 25.3. The van der Waals surface area contributed by atoms with Crippen LogP contribution in [0.3, 0.4) is 0 Å². The minimum atomic E-state index is -2.38. The molecule has 0 N–H and O–H groups in total. The Labute approximate surface area is 209 Å². The third-order valence-electron chi connectivity index (χ3n) is 4.90. The Morgan fingerprint density at radius 1 is 0.333 bits per heavy atom. The van der Waals surface area contributed by atoms with E-state index >= 15 is 0 Å². The first-order chi connectivity index (χ1) is 16.0. The molecular formula is C25H58O6Si2. The van der Waals surface area contributed by atoms with Gasteiger partial charge in [0.1, 0.15) is 0 Å². The molecule has 0 rings (SSSR count). The summed E-state index contributed by atoms with van der Waals surface area (Å²) in [6, 6.07) is 1.75. The van der Waals surface area contributed by atoms with Crippen molar-refractivity contribution < 1.29 is 26.6 Å². The first kappa shape index (κ1) is 35.4. The van der Waals surface area contributed by atoms with E-state index in [9.17, 15) is 0 Å². The third kappa shape index (κ3) is 19.1. The molecule has 0 aliphatic carbocycles. The van der Waals surface area contributed by atoms with Crippen LogP contribution < -0.4 is 0 Å². The second-order valence-electron chi connectivity index (χ2n) is 8.22. The molecule has 0 aliphatic rings. The molecule has 6 nitrogen and oxygen atoms in total. The highest BCUT2D eigenvalue weighted by molar-refractivity contribution is 6.61. The molecular weight excluding hydrogens is 452 g/mol. The van der Waals surface area contributed by atoms with Crippen LogP contribution >= 0.6 is 0 Å². The Morgan fingerprint density at radius 2 is 0.576 bits per heavy atom. The van der Waals surface area contributed by atoms with Crippen molar-refractivity contribution in [2.45, 2.75) is 125 Å². The maximum atomic E-state index is 6.01. The van der Waals surface area contributed by atoms with Gasteiger partial charge in [-0.25, -0.2) is 0 Å². The Morgan fingerprint density at radius 3 is 0.758 bits per heavy atom. The SMILES string of the molecule is CCCCO[Si](CC)(OCCCC)OCCCC.CCCO[Si](CC)(OCCC)OCCC. The second kappa shape index (κ2) is 25.3. The van der Waals surface area contributed by atoms with Crippen molar-refractivity contribution in [3.63, 3.8) is 0 Å². The van der Waals surface area contributed by atoms with Gasteiger partial charge < -0.3 is 26.6 Å². The predicted molar refractivity (Wildman–Crippen MR) is 144 cm³/mol. The second-order valence-corrected chi connectivity index (χ2v) is 14.1. The van der Waals surface area contributed by atoms with Gasteiger partial charge in [-0.2, -0.15) is 0 Å². The maximum Gasteiger partial charge on any atom is 0.500 e. The van der Waals surface area contributed by atoms with Crippen molar-refractivity contribution in [1.82, 2.24) is 0 Å². The molecule has 0 heterocycles. The van der Waals surface area contributed by atoms with Gasteiger partial charge in [-0.1, -0.05) is 74.7 Å². The van der Waals surface area contributed by atoms with Gasteiger partial charge in [-0.05, 0) is 38.5 Å². The standard InChI is InChI=1S/C14H32O3Si.C11H26O3Si/c1-5-9-12-15-18(8-4,16-13-10-6-2)17-14-11-7-3;1-5-9-12-15(8-4,13-10-6-2)14-11-7-3/h5-14H2,1-4H3;5-11H2,1-4H3. The molecule has 0 aromatic carbocycles. The zero-order valence-electron chi connectivity index (χ0n) is 23.5. The average Bonchev–Trinajstić information content (AvgIpc) is 2.84. The lowest BCUT2D eigenvalue weighted by Crippen LogP contribution is -2.46. The predicted octanol–water partition coefficient (Wildman–Crippen LogP) is 7.62. The Bertz CT molecular complexity index is 340. The van der Waals surface area contributed by atoms with E-state index in [4.69, 9.17) is 26.6 Å². The van der Waals surface area contributed by atoms with E-state index in [0.717, 1.165) is 110 Å². The summed E-state index contributed by atoms with van der Waals surface area (Å²) in [4.78, 5) is 0. The van der Waals surface area contributed by atoms with Gasteiger partial charge in [0.25, 0.3) is 0 Å². The van der Waals surface area contributed by atoms with Gasteiger partial charge in [0, 0.05) is 51.7 Å². The summed E-state index contributed by atoms with van der Waals surface area (Å²) in [5.41, 5.74) is 0. The summed E-state index contributed by atoms with van der Waals surface area (Å²) in [6.07, 6.45) is 9.75. The molecule has 0 saturated carbocycles. The van der Waals surface area contributed by atoms with Crippen molar-refractivity contribution in [3.05, 3.63) is 0 Å². The highest BCUT2D eigenvalue weighted by Crippen LogP contribution is 2.18. The fourth-order valence-corrected chi connectivity index (χ4v) is 7.39. The van der Waals surface area contributed by atoms with Gasteiger partial charge in [0.05, 0.1) is 0 Å². The van der Waals surface area contributed by atoms with Crippen LogP contribution in [-0.2, 0) is 26.6 Å². The fourth-order valence-electron chi connectivity index (χ4n) is 2.75. The van der Waals surface area contributed by atoms with Crippen molar-refractivity contribution in [2.75, 3.05) is 39.6 Å². The molecule has 202 valence electrons. The summed E-state index contributed by atoms with van der Waals surface area (Å²) in [5.74, 6) is 0. The van der Waals surface area contributed by atoms with Crippen LogP contribution in [0.1, 0.15) is 113 Å². The van der Waals surface area contributed by atoms with Crippen molar-refractivity contribution in [3.8, 4) is 0 Å². The largest absolute Gasteiger partial charge is 0.500 e. The molecule has 0 atom stereocenters. The van der Waals surface area contributed by atoms with Crippen molar-refractivity contribution >= 4 is 17.6 Å². The molecule has 0 spiro atoms. The Balaban J connectivity index is 0. The zero-order valence-corrected chi connectivity index (χ0v) is 25.5. The third-order valence-corrected chi connectivity index (χ3v) is 10.5. The molecule has 0 fully saturated rings. The highest BCUT2D eigenvalue weighted by atomic mass is 28.4. The molecule has 8 heteroatoms. The van der Waals surface area contributed by atoms with Crippen molar-refractivity contribution in [2.24, 2.45) is 0 Å². The minimum Gasteiger partial charge on any atom is -0.373 e. The van der Waals surface area contributed by atoms with Crippen LogP contribution in [0.5, 0.6) is 0 Å². The monoisotopic (exact) mass is 510 g/mol. The number of unbranched alkanes of at least 4 members (excludes halogenated alkanes) is 3. The topological polar surface area (TPSA) is 55.4 Å². The molecule has 0 aliphatic heterocycles. The van der Waals surface area contributed by atoms with E-state index in [1.807, 2.05) is 0 Å². The molecule has 0 unspecified atom stereocenters. The summed E-state index contributed by atoms with van der Waals surface area (Å²) < 4.78 is 35.5. The van der Waals surface area contributed by atoms with Crippen LogP contribution in [0.4, 0.5) is 0 Å². The first-order valence-corrected chi connectivity index (χ1v) is 17.7. The van der Waals surface area contributed by atoms with Gasteiger partial charge in [0.15, 0.2) is 0 Å². The van der Waals surface area contributed by atoms with E-state index in [1.54, 1.807) is 0 Å². The summed E-state index contributed by atoms with van der Waals surface area (Å²) in [5, 5.41) is 0. The van der Waals surface area contributed by atoms with E-state index in [1.165, 1.54) is 0 Å². The number of hydrogen-bond donors (Lipinski definition) is 0. The quantitative estimate of drug-likeness (QED) is 0.104. The van der Waals surface area contributed by atoms with E-state index in [0.29, 0.717) is 0 Å². The summed E-state index contributed by atoms with van der Waals surface area (Å²) >= 11 is 0. The molecule has 0 amide bonds. The van der Waals surface area contributed by atoms with Gasteiger partial charge in [-0.3, -0.25) is 0 Å². The Hall–Kier alpha value is 0.194. The van der Waals surface area contributed by atoms with Gasteiger partial charge in [-0.15, -0.1) is 0 Å². The number of rotatable bonds is 23. The lowest BCUT2D eigenvalue weighted by atomic mass is 10.4. The lowest BCUT2D eigenvalue weighted by Gasteiger charge is -2.28. The van der Waals surface area contributed by atoms with E-state index < -0.39 is 17.6 Å². The van der Waals surface area contributed by atoms with Crippen LogP contribution in [0.25, 0.3) is 0 Å². The lowest BCUT2D eigenvalue weighted by molar-refractivity contribution is 0.0573. The average molecular weight is 511 g/mol. The van der Waals surface area contributed by atoms with E-state index in [2.05, 4.69) is 55.4 Å². The molecule has 33 heavy (non-hydrogen) atoms. The van der Waals surface area contributed by atoms with Crippen LogP contribution in [-0.4, -0.2) is 57.3 Å². The van der Waals surface area contributed by atoms with Crippen LogP contribution in [0, 0.1) is 0 Å².